The Morgan fingerprint density at radius 1 is 0.867 bits per heavy atom. The van der Waals surface area contributed by atoms with Gasteiger partial charge in [-0.05, 0) is 97.2 Å². The first-order valence-corrected chi connectivity index (χ1v) is 17.4. The Hall–Kier alpha value is -1.07. The molecule has 0 radical (unpaired) electrons. The van der Waals surface area contributed by atoms with Crippen LogP contribution < -0.4 is 0 Å². The van der Waals surface area contributed by atoms with Gasteiger partial charge in [0, 0.05) is 10.8 Å². The number of allylic oxidation sites excluding steroid dienone is 2. The van der Waals surface area contributed by atoms with Crippen LogP contribution in [0.25, 0.3) is 0 Å². The highest BCUT2D eigenvalue weighted by Gasteiger charge is 2.69. The number of carbonyl (C=O) groups is 1. The molecule has 9 nitrogen and oxygen atoms in total. The Labute approximate surface area is 268 Å². The van der Waals surface area contributed by atoms with Crippen molar-refractivity contribution < 1.29 is 44.9 Å². The third kappa shape index (κ3) is 4.61. The zero-order valence-electron chi connectivity index (χ0n) is 28.3. The fourth-order valence-electron chi connectivity index (χ4n) is 12.2. The molecule has 4 saturated carbocycles. The molecule has 0 spiro atoms. The number of ether oxygens (including phenoxy) is 2. The molecule has 9 heteroatoms. The first-order valence-electron chi connectivity index (χ1n) is 17.4. The minimum Gasteiger partial charge on any atom is -0.479 e. The largest absolute Gasteiger partial charge is 0.479 e. The summed E-state index contributed by atoms with van der Waals surface area (Å²) >= 11 is 0. The molecule has 0 aromatic heterocycles. The van der Waals surface area contributed by atoms with Crippen LogP contribution in [-0.2, 0) is 14.3 Å². The Balaban J connectivity index is 1.30. The highest BCUT2D eigenvalue weighted by molar-refractivity contribution is 5.73. The molecule has 6 aliphatic rings. The second kappa shape index (κ2) is 10.7. The molecule has 0 aromatic rings. The lowest BCUT2D eigenvalue weighted by Gasteiger charge is -2.72. The lowest BCUT2D eigenvalue weighted by Crippen LogP contribution is -2.67. The third-order valence-corrected chi connectivity index (χ3v) is 15.3. The van der Waals surface area contributed by atoms with E-state index in [4.69, 9.17) is 9.47 Å². The molecule has 6 rings (SSSR count). The quantitative estimate of drug-likeness (QED) is 0.199. The van der Waals surface area contributed by atoms with Gasteiger partial charge in [0.05, 0.1) is 18.8 Å². The highest BCUT2D eigenvalue weighted by atomic mass is 16.7. The van der Waals surface area contributed by atoms with E-state index in [9.17, 15) is 35.4 Å². The normalized spacial score (nSPS) is 55.8. The average Bonchev–Trinajstić information content (AvgIpc) is 2.96. The zero-order valence-corrected chi connectivity index (χ0v) is 28.3. The van der Waals surface area contributed by atoms with Crippen LogP contribution in [0, 0.1) is 50.2 Å². The summed E-state index contributed by atoms with van der Waals surface area (Å²) in [6, 6.07) is 0. The van der Waals surface area contributed by atoms with Crippen molar-refractivity contribution in [1.29, 1.82) is 0 Å². The number of aliphatic carboxylic acids is 1. The maximum absolute atomic E-state index is 11.7. The van der Waals surface area contributed by atoms with Gasteiger partial charge in [0.1, 0.15) is 18.3 Å². The molecule has 256 valence electrons. The summed E-state index contributed by atoms with van der Waals surface area (Å²) in [5.74, 6) is -0.570. The smallest absolute Gasteiger partial charge is 0.335 e. The molecular formula is C36H58O9. The molecule has 0 unspecified atom stereocenters. The number of hydrogen-bond donors (Lipinski definition) is 6. The highest BCUT2D eigenvalue weighted by Crippen LogP contribution is 2.75. The average molecular weight is 635 g/mol. The van der Waals surface area contributed by atoms with Crippen LogP contribution in [0.1, 0.15) is 106 Å². The van der Waals surface area contributed by atoms with Gasteiger partial charge >= 0.3 is 5.97 Å². The lowest BCUT2D eigenvalue weighted by molar-refractivity contribution is -0.327. The summed E-state index contributed by atoms with van der Waals surface area (Å²) in [7, 11) is 0. The fraction of sp³-hybridized carbons (Fsp3) is 0.917. The standard InChI is InChI=1S/C36H58O9/c1-31(2)16-20-19-8-9-22-33(4)12-11-24(44-30-27(41)25(39)26(40)28(45-30)29(42)43)34(5,18-37)21(33)10-13-36(22,7)35(19,6)15-14-32(20,3)23(38)17-31/h8,20-28,30,37-41H,9-18H2,1-7H3,(H,42,43)/t20-,21+,22+,23+,24-,25+,26+,27-,28+,30-,32+,33-,34+,35+,36+/m0/s1. The van der Waals surface area contributed by atoms with Crippen molar-refractivity contribution in [3.05, 3.63) is 11.6 Å². The Bertz CT molecular complexity index is 1220. The van der Waals surface area contributed by atoms with Crippen LogP contribution in [-0.4, -0.2) is 86.1 Å². The minimum absolute atomic E-state index is 0.0209. The van der Waals surface area contributed by atoms with Gasteiger partial charge < -0.3 is 40.1 Å². The fourth-order valence-corrected chi connectivity index (χ4v) is 12.2. The molecule has 6 N–H and O–H groups in total. The number of carboxylic acids is 1. The molecule has 0 bridgehead atoms. The topological polar surface area (TPSA) is 157 Å². The summed E-state index contributed by atoms with van der Waals surface area (Å²) in [6.07, 6.45) is 1.81. The minimum atomic E-state index is -1.78. The van der Waals surface area contributed by atoms with E-state index in [0.29, 0.717) is 18.3 Å². The van der Waals surface area contributed by atoms with Crippen molar-refractivity contribution in [1.82, 2.24) is 0 Å². The van der Waals surface area contributed by atoms with E-state index in [0.717, 1.165) is 51.4 Å². The van der Waals surface area contributed by atoms with Crippen molar-refractivity contribution in [2.24, 2.45) is 50.2 Å². The van der Waals surface area contributed by atoms with E-state index < -0.39 is 48.2 Å². The number of aliphatic hydroxyl groups is 5. The maximum Gasteiger partial charge on any atom is 0.335 e. The molecule has 5 aliphatic carbocycles. The van der Waals surface area contributed by atoms with E-state index in [2.05, 4.69) is 47.6 Å². The first kappa shape index (κ1) is 33.8. The second-order valence-corrected chi connectivity index (χ2v) is 18.0. The van der Waals surface area contributed by atoms with Gasteiger partial charge in [-0.2, -0.15) is 0 Å². The molecule has 5 fully saturated rings. The second-order valence-electron chi connectivity index (χ2n) is 18.0. The Morgan fingerprint density at radius 3 is 2.20 bits per heavy atom. The number of hydrogen-bond acceptors (Lipinski definition) is 8. The van der Waals surface area contributed by atoms with Crippen molar-refractivity contribution in [3.8, 4) is 0 Å². The molecule has 45 heavy (non-hydrogen) atoms. The van der Waals surface area contributed by atoms with Gasteiger partial charge in [0.15, 0.2) is 12.4 Å². The molecule has 0 aromatic carbocycles. The van der Waals surface area contributed by atoms with Gasteiger partial charge in [-0.15, -0.1) is 0 Å². The molecule has 15 atom stereocenters. The van der Waals surface area contributed by atoms with E-state index in [1.165, 1.54) is 0 Å². The maximum atomic E-state index is 11.7. The van der Waals surface area contributed by atoms with Crippen LogP contribution >= 0.6 is 0 Å². The van der Waals surface area contributed by atoms with Crippen molar-refractivity contribution in [2.75, 3.05) is 6.61 Å². The van der Waals surface area contributed by atoms with Crippen molar-refractivity contribution in [3.63, 3.8) is 0 Å². The summed E-state index contributed by atoms with van der Waals surface area (Å²) in [4.78, 5) is 11.7. The molecule has 1 heterocycles. The van der Waals surface area contributed by atoms with Crippen LogP contribution in [0.5, 0.6) is 0 Å². The Kier molecular flexibility index (Phi) is 8.05. The lowest BCUT2D eigenvalue weighted by atomic mass is 9.33. The summed E-state index contributed by atoms with van der Waals surface area (Å²) < 4.78 is 11.8. The Morgan fingerprint density at radius 2 is 1.56 bits per heavy atom. The number of aliphatic hydroxyl groups excluding tert-OH is 5. The van der Waals surface area contributed by atoms with E-state index in [1.807, 2.05) is 6.92 Å². The van der Waals surface area contributed by atoms with Gasteiger partial charge in [-0.25, -0.2) is 4.79 Å². The van der Waals surface area contributed by atoms with Crippen LogP contribution in [0.15, 0.2) is 11.6 Å². The monoisotopic (exact) mass is 634 g/mol. The van der Waals surface area contributed by atoms with Crippen molar-refractivity contribution >= 4 is 5.97 Å². The predicted octanol–water partition coefficient (Wildman–Crippen LogP) is 4.03. The summed E-state index contributed by atoms with van der Waals surface area (Å²) in [5, 5.41) is 63.3. The van der Waals surface area contributed by atoms with Crippen LogP contribution in [0.3, 0.4) is 0 Å². The molecule has 1 saturated heterocycles. The summed E-state index contributed by atoms with van der Waals surface area (Å²) in [5.41, 5.74) is 0.871. The zero-order chi connectivity index (χ0) is 33.1. The number of rotatable bonds is 4. The SMILES string of the molecule is CC1(C)C[C@@H](O)[C@]2(C)CC[C@]3(C)C(=CC[C@@H]4[C@@]5(C)CC[C@H](O[C@H]6O[C@@H](C(=O)O)[C@H](O)[C@@H](O)[C@@H]6O)[C@](C)(CO)[C@@H]5CC[C@]43C)[C@@H]2C1. The predicted molar refractivity (Wildman–Crippen MR) is 167 cm³/mol. The van der Waals surface area contributed by atoms with E-state index in [1.54, 1.807) is 5.57 Å². The van der Waals surface area contributed by atoms with Gasteiger partial charge in [-0.3, -0.25) is 0 Å². The van der Waals surface area contributed by atoms with Crippen LogP contribution in [0.2, 0.25) is 0 Å². The third-order valence-electron chi connectivity index (χ3n) is 15.3. The van der Waals surface area contributed by atoms with Crippen LogP contribution in [0.4, 0.5) is 0 Å². The van der Waals surface area contributed by atoms with Crippen molar-refractivity contribution in [2.45, 2.75) is 149 Å². The molecule has 0 amide bonds. The first-order chi connectivity index (χ1) is 20.8. The van der Waals surface area contributed by atoms with E-state index in [-0.39, 0.29) is 45.7 Å². The van der Waals surface area contributed by atoms with Gasteiger partial charge in [-0.1, -0.05) is 60.1 Å². The van der Waals surface area contributed by atoms with E-state index >= 15 is 0 Å². The molecular weight excluding hydrogens is 576 g/mol. The van der Waals surface area contributed by atoms with Gasteiger partial charge in [0.2, 0.25) is 0 Å². The number of carboxylic acid groups (broad SMARTS) is 1. The summed E-state index contributed by atoms with van der Waals surface area (Å²) in [6.45, 7) is 16.3. The number of fused-ring (bicyclic) bond motifs is 7. The molecule has 1 aliphatic heterocycles. The van der Waals surface area contributed by atoms with Gasteiger partial charge in [0.25, 0.3) is 0 Å².